The Morgan fingerprint density at radius 3 is 2.52 bits per heavy atom. The number of benzene rings is 2. The summed E-state index contributed by atoms with van der Waals surface area (Å²) in [6.07, 6.45) is -0.928. The van der Waals surface area contributed by atoms with Gasteiger partial charge in [0.2, 0.25) is 12.0 Å². The minimum Gasteiger partial charge on any atom is -0.497 e. The summed E-state index contributed by atoms with van der Waals surface area (Å²) >= 11 is 0. The first-order valence-electron chi connectivity index (χ1n) is 8.49. The molecule has 0 unspecified atom stereocenters. The van der Waals surface area contributed by atoms with Crippen LogP contribution in [0.3, 0.4) is 0 Å². The molecule has 2 amide bonds. The fourth-order valence-corrected chi connectivity index (χ4v) is 3.39. The van der Waals surface area contributed by atoms with Gasteiger partial charge in [0.25, 0.3) is 5.91 Å². The fraction of sp³-hybridized carbons (Fsp3) is 0.250. The number of imide groups is 1. The molecule has 2 atom stereocenters. The molecule has 0 radical (unpaired) electrons. The molecule has 27 heavy (non-hydrogen) atoms. The van der Waals surface area contributed by atoms with Gasteiger partial charge in [-0.25, -0.2) is 0 Å². The number of amides is 2. The summed E-state index contributed by atoms with van der Waals surface area (Å²) in [7, 11) is 3.08. The van der Waals surface area contributed by atoms with Crippen LogP contribution in [0.4, 0.5) is 0 Å². The van der Waals surface area contributed by atoms with Crippen molar-refractivity contribution in [1.82, 2.24) is 4.90 Å². The fourth-order valence-electron chi connectivity index (χ4n) is 3.39. The van der Waals surface area contributed by atoms with Gasteiger partial charge in [0.05, 0.1) is 20.8 Å². The van der Waals surface area contributed by atoms with Crippen LogP contribution >= 0.6 is 0 Å². The van der Waals surface area contributed by atoms with Crippen molar-refractivity contribution in [2.75, 3.05) is 14.2 Å². The molecule has 0 aromatic heterocycles. The Hall–Kier alpha value is -3.35. The third kappa shape index (κ3) is 2.81. The normalized spacial score (nSPS) is 21.0. The van der Waals surface area contributed by atoms with E-state index in [1.54, 1.807) is 25.3 Å². The zero-order valence-electron chi connectivity index (χ0n) is 14.9. The van der Waals surface area contributed by atoms with Crippen LogP contribution in [0.15, 0.2) is 53.7 Å². The van der Waals surface area contributed by atoms with Crippen molar-refractivity contribution in [2.24, 2.45) is 11.1 Å². The Morgan fingerprint density at radius 1 is 1.04 bits per heavy atom. The molecule has 7 heteroatoms. The number of hydrogen-bond donors (Lipinski definition) is 0. The van der Waals surface area contributed by atoms with Crippen molar-refractivity contribution in [3.63, 3.8) is 0 Å². The van der Waals surface area contributed by atoms with E-state index < -0.39 is 12.0 Å². The Morgan fingerprint density at radius 2 is 1.81 bits per heavy atom. The number of fused-ring (bicyclic) bond motifs is 1. The zero-order chi connectivity index (χ0) is 19.0. The van der Waals surface area contributed by atoms with Gasteiger partial charge in [0.15, 0.2) is 0 Å². The van der Waals surface area contributed by atoms with Crippen LogP contribution in [-0.4, -0.2) is 42.7 Å². The van der Waals surface area contributed by atoms with Crippen molar-refractivity contribution >= 4 is 17.5 Å². The second-order valence-electron chi connectivity index (χ2n) is 6.29. The molecule has 0 saturated carbocycles. The molecule has 2 aromatic carbocycles. The van der Waals surface area contributed by atoms with Gasteiger partial charge in [0.1, 0.15) is 23.1 Å². The first-order chi connectivity index (χ1) is 13.1. The number of carbonyl (C=O) groups excluding carboxylic acids is 2. The predicted octanol–water partition coefficient (Wildman–Crippen LogP) is 1.99. The topological polar surface area (TPSA) is 77.4 Å². The number of likely N-dealkylation sites (tertiary alicyclic amines) is 1. The van der Waals surface area contributed by atoms with Gasteiger partial charge in [0, 0.05) is 11.6 Å². The lowest BCUT2D eigenvalue weighted by Gasteiger charge is -2.16. The first kappa shape index (κ1) is 17.1. The molecule has 0 aliphatic carbocycles. The molecule has 0 bridgehead atoms. The molecule has 4 rings (SSSR count). The van der Waals surface area contributed by atoms with Gasteiger partial charge in [-0.1, -0.05) is 35.5 Å². The third-order valence-electron chi connectivity index (χ3n) is 4.77. The molecule has 2 aliphatic rings. The van der Waals surface area contributed by atoms with Crippen LogP contribution in [0.2, 0.25) is 0 Å². The van der Waals surface area contributed by atoms with E-state index in [0.29, 0.717) is 22.8 Å². The highest BCUT2D eigenvalue weighted by atomic mass is 16.7. The van der Waals surface area contributed by atoms with Gasteiger partial charge >= 0.3 is 0 Å². The second-order valence-corrected chi connectivity index (χ2v) is 6.29. The maximum atomic E-state index is 13.0. The van der Waals surface area contributed by atoms with Gasteiger partial charge in [-0.2, -0.15) is 0 Å². The molecule has 2 aromatic rings. The van der Waals surface area contributed by atoms with Crippen molar-refractivity contribution in [2.45, 2.75) is 12.6 Å². The van der Waals surface area contributed by atoms with Gasteiger partial charge in [-0.3, -0.25) is 14.5 Å². The van der Waals surface area contributed by atoms with Crippen molar-refractivity contribution in [3.8, 4) is 11.5 Å². The summed E-state index contributed by atoms with van der Waals surface area (Å²) in [5, 5.41) is 4.02. The monoisotopic (exact) mass is 366 g/mol. The molecule has 7 nitrogen and oxygen atoms in total. The van der Waals surface area contributed by atoms with Crippen LogP contribution in [0.25, 0.3) is 0 Å². The Balaban J connectivity index is 1.64. The molecule has 0 spiro atoms. The zero-order valence-corrected chi connectivity index (χ0v) is 14.9. The van der Waals surface area contributed by atoms with E-state index in [1.807, 2.05) is 30.3 Å². The number of carbonyl (C=O) groups is 2. The summed E-state index contributed by atoms with van der Waals surface area (Å²) in [5.74, 6) is -0.350. The van der Waals surface area contributed by atoms with Crippen LogP contribution in [0, 0.1) is 5.92 Å². The van der Waals surface area contributed by atoms with Crippen LogP contribution in [0.1, 0.15) is 11.1 Å². The Kier molecular flexibility index (Phi) is 4.27. The lowest BCUT2D eigenvalue weighted by Crippen LogP contribution is -2.32. The van der Waals surface area contributed by atoms with Crippen LogP contribution < -0.4 is 9.47 Å². The predicted molar refractivity (Wildman–Crippen MR) is 96.4 cm³/mol. The maximum Gasteiger partial charge on any atom is 0.274 e. The van der Waals surface area contributed by atoms with Gasteiger partial charge in [-0.05, 0) is 17.7 Å². The molecule has 1 saturated heterocycles. The summed E-state index contributed by atoms with van der Waals surface area (Å²) in [6.45, 7) is 0.210. The maximum absolute atomic E-state index is 13.0. The quantitative estimate of drug-likeness (QED) is 0.757. The van der Waals surface area contributed by atoms with E-state index in [1.165, 1.54) is 12.0 Å². The summed E-state index contributed by atoms with van der Waals surface area (Å²) in [6, 6.07) is 14.6. The number of nitrogens with zero attached hydrogens (tertiary/aromatic N) is 2. The third-order valence-corrected chi connectivity index (χ3v) is 4.77. The van der Waals surface area contributed by atoms with E-state index in [2.05, 4.69) is 5.16 Å². The van der Waals surface area contributed by atoms with Crippen LogP contribution in [0.5, 0.6) is 11.5 Å². The Labute approximate surface area is 156 Å². The van der Waals surface area contributed by atoms with Crippen molar-refractivity contribution < 1.29 is 23.9 Å². The molecule has 1 fully saturated rings. The Bertz CT molecular complexity index is 925. The lowest BCUT2D eigenvalue weighted by atomic mass is 9.93. The number of rotatable bonds is 5. The first-order valence-corrected chi connectivity index (χ1v) is 8.49. The van der Waals surface area contributed by atoms with E-state index in [0.717, 1.165) is 5.56 Å². The number of ether oxygens (including phenoxy) is 2. The molecular weight excluding hydrogens is 348 g/mol. The summed E-state index contributed by atoms with van der Waals surface area (Å²) < 4.78 is 10.6. The number of oxime groups is 1. The number of hydrogen-bond acceptors (Lipinski definition) is 6. The summed E-state index contributed by atoms with van der Waals surface area (Å²) in [5.41, 5.74) is 1.88. The van der Waals surface area contributed by atoms with E-state index in [-0.39, 0.29) is 18.4 Å². The molecule has 138 valence electrons. The average molecular weight is 366 g/mol. The molecule has 0 N–H and O–H groups in total. The van der Waals surface area contributed by atoms with E-state index in [4.69, 9.17) is 14.3 Å². The van der Waals surface area contributed by atoms with Crippen molar-refractivity contribution in [3.05, 3.63) is 59.7 Å². The standard InChI is InChI=1S/C20H18N2O5/c1-25-13-8-9-14(15(10-13)26-2)17-16-18(27-21-17)20(24)22(19(16)23)11-12-6-4-3-5-7-12/h3-10,16,18H,11H2,1-2H3/t16-,18-/m0/s1. The highest BCUT2D eigenvalue weighted by Gasteiger charge is 2.55. The van der Waals surface area contributed by atoms with Gasteiger partial charge < -0.3 is 14.3 Å². The lowest BCUT2D eigenvalue weighted by molar-refractivity contribution is -0.142. The summed E-state index contributed by atoms with van der Waals surface area (Å²) in [4.78, 5) is 32.2. The van der Waals surface area contributed by atoms with Crippen LogP contribution in [-0.2, 0) is 21.0 Å². The molecule has 2 aliphatic heterocycles. The van der Waals surface area contributed by atoms with Gasteiger partial charge in [-0.15, -0.1) is 0 Å². The van der Waals surface area contributed by atoms with E-state index >= 15 is 0 Å². The smallest absolute Gasteiger partial charge is 0.274 e. The molecular formula is C20H18N2O5. The highest BCUT2D eigenvalue weighted by molar-refractivity contribution is 6.23. The largest absolute Gasteiger partial charge is 0.497 e. The number of methoxy groups -OCH3 is 2. The van der Waals surface area contributed by atoms with Crippen molar-refractivity contribution in [1.29, 1.82) is 0 Å². The molecule has 2 heterocycles. The second kappa shape index (κ2) is 6.75. The minimum absolute atomic E-state index is 0.210. The average Bonchev–Trinajstić information content (AvgIpc) is 3.24. The highest BCUT2D eigenvalue weighted by Crippen LogP contribution is 2.36. The van der Waals surface area contributed by atoms with E-state index in [9.17, 15) is 9.59 Å². The minimum atomic E-state index is -0.928. The SMILES string of the molecule is COc1ccc(C2=NO[C@@H]3C(=O)N(Cc4ccccc4)C(=O)[C@@H]23)c(OC)c1.